The number of amides is 1. The molecule has 0 spiro atoms. The zero-order chi connectivity index (χ0) is 15.5. The molecule has 0 aliphatic rings. The molecular formula is C15H10Cl2N2OS2. The number of thiophene rings is 1. The van der Waals surface area contributed by atoms with Crippen LogP contribution in [0.4, 0.5) is 5.69 Å². The Kier molecular flexibility index (Phi) is 4.78. The van der Waals surface area contributed by atoms with E-state index in [4.69, 9.17) is 23.2 Å². The Morgan fingerprint density at radius 1 is 1.18 bits per heavy atom. The molecule has 1 N–H and O–H groups in total. The first-order valence-electron chi connectivity index (χ1n) is 6.35. The smallest absolute Gasteiger partial charge is 0.230 e. The van der Waals surface area contributed by atoms with E-state index in [9.17, 15) is 4.79 Å². The summed E-state index contributed by atoms with van der Waals surface area (Å²) in [5.74, 6) is -0.174. The molecule has 0 saturated carbocycles. The molecule has 2 aromatic heterocycles. The summed E-state index contributed by atoms with van der Waals surface area (Å²) in [6.45, 7) is 0. The third kappa shape index (κ3) is 3.50. The van der Waals surface area contributed by atoms with Crippen LogP contribution in [0.25, 0.3) is 9.88 Å². The van der Waals surface area contributed by atoms with E-state index in [-0.39, 0.29) is 12.3 Å². The van der Waals surface area contributed by atoms with Crippen molar-refractivity contribution in [1.82, 2.24) is 4.98 Å². The number of carbonyl (C=O) groups excluding carboxylic acids is 1. The van der Waals surface area contributed by atoms with Crippen molar-refractivity contribution in [3.63, 3.8) is 0 Å². The highest BCUT2D eigenvalue weighted by Gasteiger charge is 2.12. The van der Waals surface area contributed by atoms with Crippen LogP contribution in [0.15, 0.2) is 41.1 Å². The van der Waals surface area contributed by atoms with Gasteiger partial charge in [0, 0.05) is 5.38 Å². The number of aromatic nitrogens is 1. The van der Waals surface area contributed by atoms with Crippen molar-refractivity contribution in [3.05, 3.63) is 56.8 Å². The number of nitrogens with zero attached hydrogens (tertiary/aromatic N) is 1. The number of halogens is 2. The van der Waals surface area contributed by atoms with E-state index in [0.717, 1.165) is 15.6 Å². The summed E-state index contributed by atoms with van der Waals surface area (Å²) in [4.78, 5) is 17.7. The van der Waals surface area contributed by atoms with E-state index in [1.165, 1.54) is 11.3 Å². The highest BCUT2D eigenvalue weighted by Crippen LogP contribution is 2.30. The molecule has 3 nitrogen and oxygen atoms in total. The Bertz CT molecular complexity index is 800. The minimum atomic E-state index is -0.174. The standard InChI is InChI=1S/C15H10Cl2N2OS2/c16-10-3-1-4-11(14(10)17)19-13(20)7-9-8-22-15(18-9)12-5-2-6-21-12/h1-6,8H,7H2,(H,19,20). The van der Waals surface area contributed by atoms with Crippen LogP contribution in [0, 0.1) is 0 Å². The van der Waals surface area contributed by atoms with Gasteiger partial charge in [-0.05, 0) is 23.6 Å². The number of hydrogen-bond acceptors (Lipinski definition) is 4. The Labute approximate surface area is 145 Å². The van der Waals surface area contributed by atoms with E-state index in [0.29, 0.717) is 15.7 Å². The van der Waals surface area contributed by atoms with Gasteiger partial charge in [0.15, 0.2) is 0 Å². The number of nitrogens with one attached hydrogen (secondary N) is 1. The lowest BCUT2D eigenvalue weighted by molar-refractivity contribution is -0.115. The summed E-state index contributed by atoms with van der Waals surface area (Å²) in [5.41, 5.74) is 1.25. The highest BCUT2D eigenvalue weighted by molar-refractivity contribution is 7.20. The molecule has 112 valence electrons. The molecule has 0 bridgehead atoms. The van der Waals surface area contributed by atoms with E-state index in [1.807, 2.05) is 22.9 Å². The molecule has 22 heavy (non-hydrogen) atoms. The lowest BCUT2D eigenvalue weighted by Gasteiger charge is -2.07. The molecule has 0 aliphatic heterocycles. The van der Waals surface area contributed by atoms with Crippen molar-refractivity contribution in [2.45, 2.75) is 6.42 Å². The fraction of sp³-hybridized carbons (Fsp3) is 0.0667. The van der Waals surface area contributed by atoms with E-state index in [1.54, 1.807) is 29.5 Å². The van der Waals surface area contributed by atoms with Crippen molar-refractivity contribution in [1.29, 1.82) is 0 Å². The summed E-state index contributed by atoms with van der Waals surface area (Å²) in [5, 5.41) is 8.34. The van der Waals surface area contributed by atoms with Gasteiger partial charge >= 0.3 is 0 Å². The van der Waals surface area contributed by atoms with Crippen molar-refractivity contribution in [2.24, 2.45) is 0 Å². The lowest BCUT2D eigenvalue weighted by Crippen LogP contribution is -2.14. The fourth-order valence-corrected chi connectivity index (χ4v) is 3.84. The number of carbonyl (C=O) groups is 1. The van der Waals surface area contributed by atoms with Crippen molar-refractivity contribution < 1.29 is 4.79 Å². The highest BCUT2D eigenvalue weighted by atomic mass is 35.5. The fourth-order valence-electron chi connectivity index (χ4n) is 1.86. The molecule has 1 aromatic carbocycles. The molecule has 3 aromatic rings. The molecule has 7 heteroatoms. The maximum Gasteiger partial charge on any atom is 0.230 e. The number of rotatable bonds is 4. The van der Waals surface area contributed by atoms with Gasteiger partial charge in [0.25, 0.3) is 0 Å². The van der Waals surface area contributed by atoms with Crippen molar-refractivity contribution in [2.75, 3.05) is 5.32 Å². The van der Waals surface area contributed by atoms with Gasteiger partial charge in [-0.1, -0.05) is 35.3 Å². The van der Waals surface area contributed by atoms with Crippen LogP contribution in [0.1, 0.15) is 5.69 Å². The zero-order valence-electron chi connectivity index (χ0n) is 11.2. The summed E-state index contributed by atoms with van der Waals surface area (Å²) >= 11 is 15.1. The Morgan fingerprint density at radius 3 is 2.82 bits per heavy atom. The summed E-state index contributed by atoms with van der Waals surface area (Å²) in [6, 6.07) is 9.12. The van der Waals surface area contributed by atoms with Crippen LogP contribution in [0.5, 0.6) is 0 Å². The van der Waals surface area contributed by atoms with Gasteiger partial charge in [0.2, 0.25) is 5.91 Å². The monoisotopic (exact) mass is 368 g/mol. The van der Waals surface area contributed by atoms with Gasteiger partial charge in [-0.25, -0.2) is 4.98 Å². The predicted molar refractivity (Wildman–Crippen MR) is 94.2 cm³/mol. The first-order chi connectivity index (χ1) is 10.6. The Morgan fingerprint density at radius 2 is 2.05 bits per heavy atom. The molecule has 0 saturated heterocycles. The second-order valence-corrected chi connectivity index (χ2v) is 7.04. The molecule has 0 fully saturated rings. The number of anilines is 1. The average Bonchev–Trinajstić information content (AvgIpc) is 3.14. The molecule has 0 radical (unpaired) electrons. The second-order valence-electron chi connectivity index (χ2n) is 4.45. The summed E-state index contributed by atoms with van der Waals surface area (Å²) in [7, 11) is 0. The first kappa shape index (κ1) is 15.5. The van der Waals surface area contributed by atoms with Crippen LogP contribution in [0.2, 0.25) is 10.0 Å². The molecular weight excluding hydrogens is 359 g/mol. The van der Waals surface area contributed by atoms with E-state index >= 15 is 0 Å². The Balaban J connectivity index is 1.68. The summed E-state index contributed by atoms with van der Waals surface area (Å²) in [6.07, 6.45) is 0.199. The molecule has 1 amide bonds. The molecule has 0 unspecified atom stereocenters. The van der Waals surface area contributed by atoms with Gasteiger partial charge in [-0.15, -0.1) is 22.7 Å². The molecule has 0 atom stereocenters. The van der Waals surface area contributed by atoms with Crippen LogP contribution < -0.4 is 5.32 Å². The lowest BCUT2D eigenvalue weighted by atomic mass is 10.3. The molecule has 3 rings (SSSR count). The zero-order valence-corrected chi connectivity index (χ0v) is 14.3. The minimum Gasteiger partial charge on any atom is -0.324 e. The average molecular weight is 369 g/mol. The summed E-state index contributed by atoms with van der Waals surface area (Å²) < 4.78 is 0. The second kappa shape index (κ2) is 6.79. The SMILES string of the molecule is O=C(Cc1csc(-c2cccs2)n1)Nc1cccc(Cl)c1Cl. The van der Waals surface area contributed by atoms with Gasteiger partial charge < -0.3 is 5.32 Å². The van der Waals surface area contributed by atoms with E-state index in [2.05, 4.69) is 10.3 Å². The van der Waals surface area contributed by atoms with Crippen molar-refractivity contribution >= 4 is 57.5 Å². The van der Waals surface area contributed by atoms with Gasteiger partial charge in [0.05, 0.1) is 32.7 Å². The van der Waals surface area contributed by atoms with Crippen LogP contribution in [0.3, 0.4) is 0 Å². The van der Waals surface area contributed by atoms with Crippen LogP contribution >= 0.6 is 45.9 Å². The topological polar surface area (TPSA) is 42.0 Å². The molecule has 2 heterocycles. The van der Waals surface area contributed by atoms with E-state index < -0.39 is 0 Å². The largest absolute Gasteiger partial charge is 0.324 e. The molecule has 0 aliphatic carbocycles. The number of hydrogen-bond donors (Lipinski definition) is 1. The third-order valence-electron chi connectivity index (χ3n) is 2.85. The van der Waals surface area contributed by atoms with Gasteiger partial charge in [-0.2, -0.15) is 0 Å². The van der Waals surface area contributed by atoms with Gasteiger partial charge in [0.1, 0.15) is 5.01 Å². The van der Waals surface area contributed by atoms with Crippen LogP contribution in [-0.2, 0) is 11.2 Å². The number of benzene rings is 1. The first-order valence-corrected chi connectivity index (χ1v) is 8.87. The maximum absolute atomic E-state index is 12.1. The van der Waals surface area contributed by atoms with Gasteiger partial charge in [-0.3, -0.25) is 4.79 Å². The van der Waals surface area contributed by atoms with Crippen LogP contribution in [-0.4, -0.2) is 10.9 Å². The third-order valence-corrected chi connectivity index (χ3v) is 5.60. The van der Waals surface area contributed by atoms with Crippen molar-refractivity contribution in [3.8, 4) is 9.88 Å². The number of thiazole rings is 1. The maximum atomic E-state index is 12.1. The predicted octanol–water partition coefficient (Wildman–Crippen LogP) is 5.36. The minimum absolute atomic E-state index is 0.174. The quantitative estimate of drug-likeness (QED) is 0.673. The Hall–Kier alpha value is -1.40. The normalized spacial score (nSPS) is 10.6.